The van der Waals surface area contributed by atoms with E-state index in [1.165, 1.54) is 54.6 Å². The number of amides is 2. The number of hydrogen-bond donors (Lipinski definition) is 0. The van der Waals surface area contributed by atoms with Gasteiger partial charge in [0.2, 0.25) is 5.91 Å². The largest absolute Gasteiger partial charge is 0.497 e. The van der Waals surface area contributed by atoms with E-state index in [0.717, 1.165) is 4.90 Å². The third kappa shape index (κ3) is 3.44. The van der Waals surface area contributed by atoms with Gasteiger partial charge in [-0.1, -0.05) is 18.2 Å². The van der Waals surface area contributed by atoms with Gasteiger partial charge in [-0.15, -0.1) is 0 Å². The molecule has 10 heteroatoms. The molecule has 0 aromatic heterocycles. The van der Waals surface area contributed by atoms with Gasteiger partial charge in [0.1, 0.15) is 17.5 Å². The number of nitrogens with zero attached hydrogens (tertiary/aromatic N) is 3. The van der Waals surface area contributed by atoms with Crippen LogP contribution in [0.5, 0.6) is 5.75 Å². The first-order chi connectivity index (χ1) is 16.4. The minimum atomic E-state index is -1.16. The van der Waals surface area contributed by atoms with Gasteiger partial charge in [0, 0.05) is 12.1 Å². The summed E-state index contributed by atoms with van der Waals surface area (Å²) in [5.41, 5.74) is 1.03. The number of halogens is 1. The van der Waals surface area contributed by atoms with E-state index in [-0.39, 0.29) is 11.4 Å². The molecule has 2 heterocycles. The number of methoxy groups -OCH3 is 1. The van der Waals surface area contributed by atoms with E-state index in [1.54, 1.807) is 30.3 Å². The second-order valence-electron chi connectivity index (χ2n) is 7.86. The van der Waals surface area contributed by atoms with Crippen LogP contribution in [0.3, 0.4) is 0 Å². The number of hydrogen-bond acceptors (Lipinski definition) is 7. The summed E-state index contributed by atoms with van der Waals surface area (Å²) < 4.78 is 18.7. The zero-order valence-corrected chi connectivity index (χ0v) is 17.8. The number of fused-ring (bicyclic) bond motifs is 1. The first kappa shape index (κ1) is 21.5. The summed E-state index contributed by atoms with van der Waals surface area (Å²) in [6.07, 6.45) is -1.16. The number of non-ortho nitro benzene ring substituents is 1. The highest BCUT2D eigenvalue weighted by Gasteiger charge is 2.60. The SMILES string of the molecule is COc1cccc([C@H]2[C@H]3C(=O)N(c4ccc(F)cc4)C(=O)[C@H]3ON2c2cccc([N+](=O)[O-])c2)c1. The van der Waals surface area contributed by atoms with Crippen molar-refractivity contribution in [2.45, 2.75) is 12.1 Å². The number of carbonyl (C=O) groups is 2. The molecule has 172 valence electrons. The van der Waals surface area contributed by atoms with Gasteiger partial charge in [-0.2, -0.15) is 0 Å². The van der Waals surface area contributed by atoms with Crippen LogP contribution in [0.15, 0.2) is 72.8 Å². The molecule has 2 amide bonds. The van der Waals surface area contributed by atoms with E-state index in [9.17, 15) is 24.1 Å². The molecule has 0 saturated carbocycles. The summed E-state index contributed by atoms with van der Waals surface area (Å²) in [5, 5.41) is 12.7. The number of rotatable bonds is 5. The predicted octanol–water partition coefficient (Wildman–Crippen LogP) is 3.79. The Kier molecular flexibility index (Phi) is 5.21. The van der Waals surface area contributed by atoms with Gasteiger partial charge in [-0.25, -0.2) is 14.4 Å². The molecule has 0 unspecified atom stereocenters. The van der Waals surface area contributed by atoms with Crippen molar-refractivity contribution in [3.63, 3.8) is 0 Å². The Hall–Kier alpha value is -4.31. The fourth-order valence-electron chi connectivity index (χ4n) is 4.39. The molecule has 9 nitrogen and oxygen atoms in total. The van der Waals surface area contributed by atoms with Crippen molar-refractivity contribution >= 4 is 28.9 Å². The van der Waals surface area contributed by atoms with Crippen LogP contribution in [0.2, 0.25) is 0 Å². The van der Waals surface area contributed by atoms with Crippen molar-refractivity contribution in [3.05, 3.63) is 94.3 Å². The van der Waals surface area contributed by atoms with Gasteiger partial charge in [0.15, 0.2) is 6.10 Å². The Balaban J connectivity index is 1.60. The highest BCUT2D eigenvalue weighted by molar-refractivity contribution is 6.23. The molecule has 34 heavy (non-hydrogen) atoms. The third-order valence-corrected chi connectivity index (χ3v) is 5.93. The lowest BCUT2D eigenvalue weighted by Gasteiger charge is -2.28. The second kappa shape index (κ2) is 8.23. The van der Waals surface area contributed by atoms with Gasteiger partial charge in [-0.05, 0) is 48.0 Å². The third-order valence-electron chi connectivity index (χ3n) is 5.93. The van der Waals surface area contributed by atoms with Crippen LogP contribution >= 0.6 is 0 Å². The number of nitro groups is 1. The zero-order valence-electron chi connectivity index (χ0n) is 17.8. The molecule has 0 radical (unpaired) electrons. The Morgan fingerprint density at radius 2 is 1.71 bits per heavy atom. The van der Waals surface area contributed by atoms with Crippen molar-refractivity contribution in [1.82, 2.24) is 0 Å². The van der Waals surface area contributed by atoms with E-state index in [0.29, 0.717) is 17.0 Å². The minimum Gasteiger partial charge on any atom is -0.497 e. The summed E-state index contributed by atoms with van der Waals surface area (Å²) in [7, 11) is 1.51. The van der Waals surface area contributed by atoms with Crippen LogP contribution < -0.4 is 14.7 Å². The van der Waals surface area contributed by atoms with Crippen molar-refractivity contribution in [1.29, 1.82) is 0 Å². The maximum absolute atomic E-state index is 13.5. The van der Waals surface area contributed by atoms with Crippen LogP contribution in [0, 0.1) is 21.8 Å². The standard InChI is InChI=1S/C24H18FN3O6/c1-33-19-7-2-4-14(12-19)21-20-22(34-27(21)17-5-3-6-18(13-17)28(31)32)24(30)26(23(20)29)16-10-8-15(25)9-11-16/h2-13,20-22H,1H3/t20-,21+,22+/m1/s1. The molecule has 0 N–H and O–H groups in total. The van der Waals surface area contributed by atoms with Gasteiger partial charge >= 0.3 is 0 Å². The second-order valence-corrected chi connectivity index (χ2v) is 7.86. The molecule has 0 spiro atoms. The molecular weight excluding hydrogens is 445 g/mol. The normalized spacial score (nSPS) is 21.6. The summed E-state index contributed by atoms with van der Waals surface area (Å²) in [4.78, 5) is 44.6. The molecule has 2 aliphatic heterocycles. The molecule has 5 rings (SSSR count). The lowest BCUT2D eigenvalue weighted by Crippen LogP contribution is -2.37. The first-order valence-electron chi connectivity index (χ1n) is 10.4. The van der Waals surface area contributed by atoms with E-state index in [4.69, 9.17) is 9.57 Å². The van der Waals surface area contributed by atoms with Crippen LogP contribution in [0.4, 0.5) is 21.5 Å². The van der Waals surface area contributed by atoms with Crippen molar-refractivity contribution < 1.29 is 28.5 Å². The molecule has 2 fully saturated rings. The lowest BCUT2D eigenvalue weighted by atomic mass is 9.90. The van der Waals surface area contributed by atoms with E-state index in [2.05, 4.69) is 0 Å². The average Bonchev–Trinajstić information content (AvgIpc) is 3.36. The number of benzene rings is 3. The van der Waals surface area contributed by atoms with E-state index >= 15 is 0 Å². The Labute approximate surface area is 193 Å². The van der Waals surface area contributed by atoms with Gasteiger partial charge in [0.25, 0.3) is 11.6 Å². The lowest BCUT2D eigenvalue weighted by molar-refractivity contribution is -0.384. The molecular formula is C24H18FN3O6. The highest BCUT2D eigenvalue weighted by Crippen LogP contribution is 2.48. The summed E-state index contributed by atoms with van der Waals surface area (Å²) >= 11 is 0. The van der Waals surface area contributed by atoms with Crippen LogP contribution in [0.25, 0.3) is 0 Å². The number of ether oxygens (including phenoxy) is 1. The Morgan fingerprint density at radius 1 is 0.971 bits per heavy atom. The molecule has 3 aromatic rings. The average molecular weight is 463 g/mol. The Bertz CT molecular complexity index is 1300. The van der Waals surface area contributed by atoms with Crippen molar-refractivity contribution in [3.8, 4) is 5.75 Å². The van der Waals surface area contributed by atoms with Gasteiger partial charge in [-0.3, -0.25) is 24.5 Å². The quantitative estimate of drug-likeness (QED) is 0.322. The fraction of sp³-hybridized carbons (Fsp3) is 0.167. The maximum Gasteiger partial charge on any atom is 0.271 e. The van der Waals surface area contributed by atoms with Gasteiger partial charge in [0.05, 0.1) is 29.4 Å². The summed E-state index contributed by atoms with van der Waals surface area (Å²) in [6, 6.07) is 17.0. The summed E-state index contributed by atoms with van der Waals surface area (Å²) in [5.74, 6) is -2.01. The molecule has 3 aromatic carbocycles. The van der Waals surface area contributed by atoms with Gasteiger partial charge < -0.3 is 4.74 Å². The van der Waals surface area contributed by atoms with Crippen LogP contribution in [0.1, 0.15) is 11.6 Å². The topological polar surface area (TPSA) is 102 Å². The maximum atomic E-state index is 13.5. The van der Waals surface area contributed by atoms with Crippen LogP contribution in [-0.4, -0.2) is 30.0 Å². The monoisotopic (exact) mass is 463 g/mol. The number of carbonyl (C=O) groups excluding carboxylic acids is 2. The highest BCUT2D eigenvalue weighted by atomic mass is 19.1. The number of anilines is 2. The van der Waals surface area contributed by atoms with E-state index in [1.807, 2.05) is 0 Å². The molecule has 3 atom stereocenters. The number of nitro benzene ring substituents is 1. The minimum absolute atomic E-state index is 0.159. The predicted molar refractivity (Wildman–Crippen MR) is 119 cm³/mol. The fourth-order valence-corrected chi connectivity index (χ4v) is 4.39. The molecule has 2 saturated heterocycles. The smallest absolute Gasteiger partial charge is 0.271 e. The molecule has 0 bridgehead atoms. The molecule has 2 aliphatic rings. The number of hydroxylamine groups is 1. The number of imide groups is 1. The van der Waals surface area contributed by atoms with Crippen molar-refractivity contribution in [2.75, 3.05) is 17.1 Å². The zero-order chi connectivity index (χ0) is 24.0. The van der Waals surface area contributed by atoms with E-state index < -0.39 is 40.6 Å². The first-order valence-corrected chi connectivity index (χ1v) is 10.4. The van der Waals surface area contributed by atoms with Crippen molar-refractivity contribution in [2.24, 2.45) is 5.92 Å². The summed E-state index contributed by atoms with van der Waals surface area (Å²) in [6.45, 7) is 0. The molecule has 0 aliphatic carbocycles. The Morgan fingerprint density at radius 3 is 2.41 bits per heavy atom. The van der Waals surface area contributed by atoms with Crippen LogP contribution in [-0.2, 0) is 14.4 Å².